The van der Waals surface area contributed by atoms with Crippen molar-refractivity contribution in [2.75, 3.05) is 57.2 Å². The second-order valence-corrected chi connectivity index (χ2v) is 27.6. The Bertz CT molecular complexity index is 5150. The van der Waals surface area contributed by atoms with Gasteiger partial charge in [0.25, 0.3) is 5.69 Å². The quantitative estimate of drug-likeness (QED) is 0.0386. The minimum Gasteiger partial charge on any atom is -0.399 e. The molecule has 0 spiro atoms. The highest BCUT2D eigenvalue weighted by Crippen LogP contribution is 2.41. The number of anilines is 10. The van der Waals surface area contributed by atoms with E-state index in [-0.39, 0.29) is 10.6 Å². The number of nitro groups is 1. The molecule has 14 aromatic rings. The average Bonchev–Trinajstić information content (AvgIpc) is 1.33. The number of aromatic amines is 1. The van der Waals surface area contributed by atoms with E-state index in [9.17, 15) is 10.1 Å². The zero-order valence-corrected chi connectivity index (χ0v) is 65.4. The van der Waals surface area contributed by atoms with E-state index in [2.05, 4.69) is 250 Å². The van der Waals surface area contributed by atoms with Gasteiger partial charge in [-0.05, 0) is 253 Å². The SMILES string of the molecule is CCN(c1ccc(-c2cc(C)[nH]n2)cc1)c1cc(-c2c(C)noc2C)ccc1C.CCN(c1ccc(-c2csc(N)n2)cc1)c1cc(-c2c(C)noc2C)ccc1C.CCN(c1ccc(N)cc1)c1cc(-c2c(C)noc2C)ccc1C.CCN(c1ccc([N+](=O)[O-])cc1)c1cc(-c2c(C)noc2C)ccc1C. The number of nitrogens with two attached hydrogens (primary N) is 2. The number of nitrogens with one attached hydrogen (secondary N) is 1. The molecule has 5 N–H and O–H groups in total. The number of benzene rings is 8. The van der Waals surface area contributed by atoms with Crippen molar-refractivity contribution in [2.24, 2.45) is 0 Å². The molecule has 0 saturated carbocycles. The van der Waals surface area contributed by atoms with E-state index in [1.165, 1.54) is 57.2 Å². The van der Waals surface area contributed by atoms with Gasteiger partial charge in [0.2, 0.25) is 0 Å². The molecule has 0 bridgehead atoms. The second kappa shape index (κ2) is 33.8. The molecule has 0 unspecified atom stereocenters. The number of nitro benzene ring substituents is 1. The Morgan fingerprint density at radius 3 is 0.926 bits per heavy atom. The molecule has 0 amide bonds. The Balaban J connectivity index is 0.000000144. The largest absolute Gasteiger partial charge is 0.399 e. The molecular formula is C87H94N14O6S. The van der Waals surface area contributed by atoms with Gasteiger partial charge < -0.3 is 49.2 Å². The molecule has 0 fully saturated rings. The molecule has 6 heterocycles. The summed E-state index contributed by atoms with van der Waals surface area (Å²) >= 11 is 1.46. The highest BCUT2D eigenvalue weighted by atomic mass is 32.1. The summed E-state index contributed by atoms with van der Waals surface area (Å²) in [6.45, 7) is 38.0. The first kappa shape index (κ1) is 76.8. The molecule has 108 heavy (non-hydrogen) atoms. The second-order valence-electron chi connectivity index (χ2n) is 26.7. The minimum atomic E-state index is -0.386. The molecular weight excluding hydrogens is 1370 g/mol. The van der Waals surface area contributed by atoms with Crippen molar-refractivity contribution in [1.82, 2.24) is 35.8 Å². The van der Waals surface area contributed by atoms with Crippen molar-refractivity contribution in [2.45, 2.75) is 118 Å². The summed E-state index contributed by atoms with van der Waals surface area (Å²) in [5.41, 5.74) is 43.6. The molecule has 8 aromatic carbocycles. The Morgan fingerprint density at radius 1 is 0.389 bits per heavy atom. The van der Waals surface area contributed by atoms with Gasteiger partial charge in [-0.15, -0.1) is 11.3 Å². The number of H-pyrrole nitrogens is 1. The van der Waals surface area contributed by atoms with Gasteiger partial charge in [0.1, 0.15) is 23.0 Å². The van der Waals surface area contributed by atoms with E-state index < -0.39 is 0 Å². The molecule has 20 nitrogen and oxygen atoms in total. The Labute approximate surface area is 635 Å². The van der Waals surface area contributed by atoms with E-state index in [0.29, 0.717) is 5.13 Å². The summed E-state index contributed by atoms with van der Waals surface area (Å²) in [6, 6.07) is 59.5. The molecule has 0 aliphatic rings. The number of aromatic nitrogens is 7. The van der Waals surface area contributed by atoms with Crippen molar-refractivity contribution in [3.8, 4) is 67.0 Å². The molecule has 21 heteroatoms. The van der Waals surface area contributed by atoms with Crippen molar-refractivity contribution in [3.05, 3.63) is 265 Å². The number of nitrogen functional groups attached to an aromatic ring is 2. The summed E-state index contributed by atoms with van der Waals surface area (Å²) in [7, 11) is 0. The molecule has 0 atom stereocenters. The fourth-order valence-corrected chi connectivity index (χ4v) is 14.4. The first-order chi connectivity index (χ1) is 51.9. The van der Waals surface area contributed by atoms with Gasteiger partial charge in [0.15, 0.2) is 5.13 Å². The molecule has 14 rings (SSSR count). The van der Waals surface area contributed by atoms with Crippen LogP contribution in [-0.4, -0.2) is 66.9 Å². The minimum absolute atomic E-state index is 0.0889. The predicted octanol–water partition coefficient (Wildman–Crippen LogP) is 22.6. The molecule has 0 radical (unpaired) electrons. The van der Waals surface area contributed by atoms with E-state index >= 15 is 0 Å². The maximum Gasteiger partial charge on any atom is 0.269 e. The van der Waals surface area contributed by atoms with Crippen LogP contribution in [0.3, 0.4) is 0 Å². The number of rotatable bonds is 19. The standard InChI is InChI=1S/C24H26N4O.C23H24N4OS.C20H21N3O3.C20H23N3O/c1-6-28(21-11-9-19(10-12-21)22-13-16(3)25-26-22)23-14-20(8-7-15(23)2)24-17(4)27-29-18(24)5;1-5-27(19-10-8-17(9-11-19)20-13-29-23(24)25-20)21-12-18(7-6-14(21)2)22-15(3)26-28-16(22)4;1-5-22(17-8-10-18(11-9-17)23(24)25)19-12-16(7-6-13(19)2)20-14(3)21-26-15(20)4;1-5-23(18-10-8-17(21)9-11-18)19-12-16(7-6-13(19)2)20-14(3)22-24-15(20)4/h7-14H,6H2,1-5H3,(H,25,26);6-13H,5H2,1-4H3,(H2,24,25);6-12H,5H2,1-4H3;6-12H,5,21H2,1-4H3. The van der Waals surface area contributed by atoms with Crippen LogP contribution < -0.4 is 31.1 Å². The lowest BCUT2D eigenvalue weighted by Crippen LogP contribution is -2.17. The Hall–Kier alpha value is -12.4. The van der Waals surface area contributed by atoms with Gasteiger partial charge in [-0.2, -0.15) is 5.10 Å². The maximum atomic E-state index is 10.9. The number of nitrogens with zero attached hydrogens (tertiary/aromatic N) is 11. The number of hydrogen-bond donors (Lipinski definition) is 3. The van der Waals surface area contributed by atoms with Crippen molar-refractivity contribution >= 4 is 73.3 Å². The number of thiazole rings is 1. The molecule has 0 aliphatic heterocycles. The van der Waals surface area contributed by atoms with Gasteiger partial charge in [-0.25, -0.2) is 4.98 Å². The molecule has 6 aromatic heterocycles. The van der Waals surface area contributed by atoms with Gasteiger partial charge in [0, 0.05) is 134 Å². The number of non-ortho nitro benzene ring substituents is 1. The van der Waals surface area contributed by atoms with Gasteiger partial charge >= 0.3 is 0 Å². The Morgan fingerprint density at radius 2 is 0.676 bits per heavy atom. The maximum absolute atomic E-state index is 10.9. The van der Waals surface area contributed by atoms with E-state index in [0.717, 1.165) is 184 Å². The van der Waals surface area contributed by atoms with Crippen LogP contribution >= 0.6 is 11.3 Å². The van der Waals surface area contributed by atoms with Crippen LogP contribution in [0.2, 0.25) is 0 Å². The van der Waals surface area contributed by atoms with Gasteiger partial charge in [-0.3, -0.25) is 15.2 Å². The van der Waals surface area contributed by atoms with Crippen LogP contribution in [0.1, 0.15) is 101 Å². The third-order valence-corrected chi connectivity index (χ3v) is 20.0. The zero-order chi connectivity index (χ0) is 77.2. The smallest absolute Gasteiger partial charge is 0.269 e. The van der Waals surface area contributed by atoms with Crippen molar-refractivity contribution in [1.29, 1.82) is 0 Å². The summed E-state index contributed by atoms with van der Waals surface area (Å²) in [5.74, 6) is 3.32. The van der Waals surface area contributed by atoms with Crippen LogP contribution in [0.15, 0.2) is 199 Å². The van der Waals surface area contributed by atoms with E-state index in [4.69, 9.17) is 29.6 Å². The monoisotopic (exact) mass is 1460 g/mol. The fraction of sp³-hybridized carbons (Fsp3) is 0.241. The van der Waals surface area contributed by atoms with Crippen LogP contribution in [0.4, 0.5) is 62.0 Å². The summed E-state index contributed by atoms with van der Waals surface area (Å²) < 4.78 is 21.4. The highest BCUT2D eigenvalue weighted by molar-refractivity contribution is 7.13. The third kappa shape index (κ3) is 17.0. The van der Waals surface area contributed by atoms with Crippen LogP contribution in [-0.2, 0) is 0 Å². The molecule has 0 aliphatic carbocycles. The van der Waals surface area contributed by atoms with Crippen LogP contribution in [0.5, 0.6) is 0 Å². The fourth-order valence-electron chi connectivity index (χ4n) is 13.8. The van der Waals surface area contributed by atoms with Crippen molar-refractivity contribution < 1.29 is 23.0 Å². The lowest BCUT2D eigenvalue weighted by atomic mass is 10.0. The third-order valence-electron chi connectivity index (χ3n) is 19.3. The van der Waals surface area contributed by atoms with E-state index in [1.807, 2.05) is 79.8 Å². The van der Waals surface area contributed by atoms with Gasteiger partial charge in [0.05, 0.1) is 39.1 Å². The number of aryl methyl sites for hydroxylation is 13. The summed E-state index contributed by atoms with van der Waals surface area (Å²) in [4.78, 5) is 24.0. The predicted molar refractivity (Wildman–Crippen MR) is 440 cm³/mol. The number of hydrogen-bond acceptors (Lipinski definition) is 19. The summed E-state index contributed by atoms with van der Waals surface area (Å²) in [6.07, 6.45) is 0. The topological polar surface area (TPSA) is 254 Å². The highest BCUT2D eigenvalue weighted by Gasteiger charge is 2.22. The normalized spacial score (nSPS) is 10.9. The van der Waals surface area contributed by atoms with Crippen LogP contribution in [0, 0.1) is 100 Å². The van der Waals surface area contributed by atoms with Crippen molar-refractivity contribution in [3.63, 3.8) is 0 Å². The Kier molecular flexibility index (Phi) is 24.0. The average molecular weight is 1460 g/mol. The van der Waals surface area contributed by atoms with Gasteiger partial charge in [-0.1, -0.05) is 93.4 Å². The first-order valence-corrected chi connectivity index (χ1v) is 37.1. The first-order valence-electron chi connectivity index (χ1n) is 36.2. The molecule has 554 valence electrons. The lowest BCUT2D eigenvalue weighted by molar-refractivity contribution is -0.384. The summed E-state index contributed by atoms with van der Waals surface area (Å²) in [5, 5.41) is 37.2. The zero-order valence-electron chi connectivity index (χ0n) is 64.6. The van der Waals surface area contributed by atoms with E-state index in [1.54, 1.807) is 12.1 Å². The van der Waals surface area contributed by atoms with Crippen LogP contribution in [0.25, 0.3) is 67.0 Å². The lowest BCUT2D eigenvalue weighted by Gasteiger charge is -2.26. The molecule has 0 saturated heterocycles.